The Bertz CT molecular complexity index is 1030. The van der Waals surface area contributed by atoms with E-state index in [0.29, 0.717) is 31.1 Å². The van der Waals surface area contributed by atoms with Crippen LogP contribution in [0.3, 0.4) is 0 Å². The monoisotopic (exact) mass is 436 g/mol. The van der Waals surface area contributed by atoms with Gasteiger partial charge in [-0.05, 0) is 24.6 Å². The largest absolute Gasteiger partial charge is 0.449 e. The molecule has 2 aliphatic heterocycles. The van der Waals surface area contributed by atoms with Gasteiger partial charge in [0, 0.05) is 18.0 Å². The SMILES string of the molecule is C[C@H]1Cn2ncc(N3CC(C)(C)COC3=O)c2CN1C(=O)Cc1cc(F)c(F)c(F)c1. The van der Waals surface area contributed by atoms with Crippen LogP contribution in [0.1, 0.15) is 32.0 Å². The number of aromatic nitrogens is 2. The minimum atomic E-state index is -1.56. The topological polar surface area (TPSA) is 67.7 Å². The molecular formula is C21H23F3N4O3. The van der Waals surface area contributed by atoms with Crippen LogP contribution in [0.2, 0.25) is 0 Å². The number of carbonyl (C=O) groups is 2. The lowest BCUT2D eigenvalue weighted by molar-refractivity contribution is -0.134. The molecule has 1 saturated heterocycles. The average Bonchev–Trinajstić information content (AvgIpc) is 3.09. The van der Waals surface area contributed by atoms with Crippen LogP contribution in [0.15, 0.2) is 18.3 Å². The van der Waals surface area contributed by atoms with E-state index in [1.54, 1.807) is 15.8 Å². The molecule has 2 aromatic rings. The number of benzene rings is 1. The molecule has 7 nitrogen and oxygen atoms in total. The molecule has 0 bridgehead atoms. The standard InChI is InChI=1S/C21H23F3N4O3/c1-12-8-28-17(16(7-25-28)27-10-21(2,3)11-31-20(27)30)9-26(12)18(29)6-13-4-14(22)19(24)15(23)5-13/h4-5,7,12H,6,8-11H2,1-3H3/t12-/m0/s1. The van der Waals surface area contributed by atoms with Crippen LogP contribution in [-0.2, 0) is 29.0 Å². The van der Waals surface area contributed by atoms with E-state index < -0.39 is 23.5 Å². The fourth-order valence-electron chi connectivity index (χ4n) is 3.99. The molecule has 0 unspecified atom stereocenters. The zero-order valence-electron chi connectivity index (χ0n) is 17.5. The van der Waals surface area contributed by atoms with Gasteiger partial charge in [-0.2, -0.15) is 5.10 Å². The molecule has 3 heterocycles. The average molecular weight is 436 g/mol. The fourth-order valence-corrected chi connectivity index (χ4v) is 3.99. The second-order valence-corrected chi connectivity index (χ2v) is 8.88. The summed E-state index contributed by atoms with van der Waals surface area (Å²) in [5, 5.41) is 4.36. The van der Waals surface area contributed by atoms with Gasteiger partial charge in [-0.3, -0.25) is 14.4 Å². The first-order chi connectivity index (χ1) is 14.6. The van der Waals surface area contributed by atoms with Crippen LogP contribution in [0, 0.1) is 22.9 Å². The van der Waals surface area contributed by atoms with Crippen molar-refractivity contribution < 1.29 is 27.5 Å². The summed E-state index contributed by atoms with van der Waals surface area (Å²) in [6, 6.07) is 1.42. The van der Waals surface area contributed by atoms with Gasteiger partial charge in [0.15, 0.2) is 17.5 Å². The predicted molar refractivity (Wildman–Crippen MR) is 105 cm³/mol. The van der Waals surface area contributed by atoms with Crippen LogP contribution in [0.25, 0.3) is 0 Å². The van der Waals surface area contributed by atoms with Gasteiger partial charge in [-0.25, -0.2) is 18.0 Å². The highest BCUT2D eigenvalue weighted by atomic mass is 19.2. The molecule has 1 aromatic carbocycles. The number of rotatable bonds is 3. The molecule has 1 aromatic heterocycles. The summed E-state index contributed by atoms with van der Waals surface area (Å²) in [6.45, 7) is 7.15. The van der Waals surface area contributed by atoms with Crippen LogP contribution >= 0.6 is 0 Å². The number of carbonyl (C=O) groups excluding carboxylic acids is 2. The lowest BCUT2D eigenvalue weighted by Crippen LogP contribution is -2.49. The summed E-state index contributed by atoms with van der Waals surface area (Å²) < 4.78 is 47.3. The number of ether oxygens (including phenoxy) is 1. The minimum absolute atomic E-state index is 0.0502. The maximum absolute atomic E-state index is 13.5. The minimum Gasteiger partial charge on any atom is -0.449 e. The molecule has 2 aliphatic rings. The van der Waals surface area contributed by atoms with Gasteiger partial charge in [0.05, 0.1) is 43.7 Å². The molecule has 4 rings (SSSR count). The van der Waals surface area contributed by atoms with Crippen molar-refractivity contribution in [3.05, 3.63) is 47.0 Å². The molecule has 0 spiro atoms. The van der Waals surface area contributed by atoms with Crippen molar-refractivity contribution in [3.63, 3.8) is 0 Å². The molecule has 0 N–H and O–H groups in total. The highest BCUT2D eigenvalue weighted by molar-refractivity contribution is 5.89. The molecule has 166 valence electrons. The van der Waals surface area contributed by atoms with Gasteiger partial charge in [0.2, 0.25) is 5.91 Å². The maximum Gasteiger partial charge on any atom is 0.414 e. The van der Waals surface area contributed by atoms with Crippen LogP contribution in [-0.4, -0.2) is 45.9 Å². The van der Waals surface area contributed by atoms with Crippen molar-refractivity contribution in [2.24, 2.45) is 5.41 Å². The van der Waals surface area contributed by atoms with Crippen molar-refractivity contribution >= 4 is 17.7 Å². The first-order valence-electron chi connectivity index (χ1n) is 9.97. The Hall–Kier alpha value is -3.04. The molecule has 1 atom stereocenters. The first kappa shape index (κ1) is 21.2. The second kappa shape index (κ2) is 7.58. The zero-order chi connectivity index (χ0) is 22.5. The summed E-state index contributed by atoms with van der Waals surface area (Å²) in [7, 11) is 0. The Balaban J connectivity index is 1.57. The highest BCUT2D eigenvalue weighted by Crippen LogP contribution is 2.33. The van der Waals surface area contributed by atoms with Crippen molar-refractivity contribution in [1.82, 2.24) is 14.7 Å². The number of amides is 2. The van der Waals surface area contributed by atoms with Crippen LogP contribution in [0.5, 0.6) is 0 Å². The number of cyclic esters (lactones) is 1. The van der Waals surface area contributed by atoms with Crippen LogP contribution in [0.4, 0.5) is 23.7 Å². The fraction of sp³-hybridized carbons (Fsp3) is 0.476. The summed E-state index contributed by atoms with van der Waals surface area (Å²) >= 11 is 0. The summed E-state index contributed by atoms with van der Waals surface area (Å²) in [5.74, 6) is -4.59. The highest BCUT2D eigenvalue weighted by Gasteiger charge is 2.38. The van der Waals surface area contributed by atoms with E-state index in [1.165, 1.54) is 4.90 Å². The van der Waals surface area contributed by atoms with Crippen molar-refractivity contribution in [2.45, 2.75) is 46.3 Å². The van der Waals surface area contributed by atoms with Gasteiger partial charge in [-0.15, -0.1) is 0 Å². The number of anilines is 1. The molecule has 0 radical (unpaired) electrons. The zero-order valence-corrected chi connectivity index (χ0v) is 17.5. The number of fused-ring (bicyclic) bond motifs is 1. The molecule has 1 fully saturated rings. The Morgan fingerprint density at radius 1 is 1.26 bits per heavy atom. The maximum atomic E-state index is 13.5. The van der Waals surface area contributed by atoms with E-state index in [-0.39, 0.29) is 35.9 Å². The van der Waals surface area contributed by atoms with Crippen molar-refractivity contribution in [2.75, 3.05) is 18.1 Å². The van der Waals surface area contributed by atoms with Gasteiger partial charge in [0.1, 0.15) is 0 Å². The normalized spacial score (nSPS) is 20.5. The molecule has 0 aliphatic carbocycles. The van der Waals surface area contributed by atoms with Crippen molar-refractivity contribution in [1.29, 1.82) is 0 Å². The van der Waals surface area contributed by atoms with Gasteiger partial charge in [0.25, 0.3) is 0 Å². The Morgan fingerprint density at radius 2 is 1.94 bits per heavy atom. The van der Waals surface area contributed by atoms with E-state index >= 15 is 0 Å². The Labute approximate surface area is 177 Å². The van der Waals surface area contributed by atoms with Crippen molar-refractivity contribution in [3.8, 4) is 0 Å². The predicted octanol–water partition coefficient (Wildman–Crippen LogP) is 3.26. The molecule has 10 heteroatoms. The smallest absolute Gasteiger partial charge is 0.414 e. The third-order valence-electron chi connectivity index (χ3n) is 5.62. The molecule has 31 heavy (non-hydrogen) atoms. The quantitative estimate of drug-likeness (QED) is 0.693. The van der Waals surface area contributed by atoms with E-state index in [9.17, 15) is 22.8 Å². The Kier molecular flexibility index (Phi) is 5.18. The summed E-state index contributed by atoms with van der Waals surface area (Å²) in [5.41, 5.74) is 1.06. The summed E-state index contributed by atoms with van der Waals surface area (Å²) in [6.07, 6.45) is 0.841. The van der Waals surface area contributed by atoms with Crippen LogP contribution < -0.4 is 4.90 Å². The lowest BCUT2D eigenvalue weighted by Gasteiger charge is -2.39. The van der Waals surface area contributed by atoms with Gasteiger partial charge in [-0.1, -0.05) is 13.8 Å². The van der Waals surface area contributed by atoms with E-state index in [4.69, 9.17) is 4.74 Å². The second-order valence-electron chi connectivity index (χ2n) is 8.88. The third kappa shape index (κ3) is 3.98. The number of hydrogen-bond donors (Lipinski definition) is 0. The lowest BCUT2D eigenvalue weighted by atomic mass is 9.93. The Morgan fingerprint density at radius 3 is 2.61 bits per heavy atom. The number of nitrogens with zero attached hydrogens (tertiary/aromatic N) is 4. The third-order valence-corrected chi connectivity index (χ3v) is 5.62. The van der Waals surface area contributed by atoms with E-state index in [1.807, 2.05) is 20.8 Å². The summed E-state index contributed by atoms with van der Waals surface area (Å²) in [4.78, 5) is 28.4. The molecule has 0 saturated carbocycles. The number of hydrogen-bond acceptors (Lipinski definition) is 4. The number of halogens is 3. The van der Waals surface area contributed by atoms with Gasteiger partial charge >= 0.3 is 6.09 Å². The van der Waals surface area contributed by atoms with Gasteiger partial charge < -0.3 is 9.64 Å². The van der Waals surface area contributed by atoms with E-state index in [2.05, 4.69) is 5.10 Å². The molecule has 2 amide bonds. The first-order valence-corrected chi connectivity index (χ1v) is 9.97. The van der Waals surface area contributed by atoms with E-state index in [0.717, 1.165) is 12.1 Å². The molecular weight excluding hydrogens is 413 g/mol.